The topological polar surface area (TPSA) is 119 Å². The molecule has 0 spiro atoms. The molecule has 124 valence electrons. The van der Waals surface area contributed by atoms with Crippen LogP contribution in [0, 0.1) is 10.1 Å². The van der Waals surface area contributed by atoms with Crippen LogP contribution in [0.3, 0.4) is 0 Å². The summed E-state index contributed by atoms with van der Waals surface area (Å²) in [4.78, 5) is 33.7. The van der Waals surface area contributed by atoms with Crippen molar-refractivity contribution >= 4 is 34.9 Å². The Morgan fingerprint density at radius 2 is 1.96 bits per heavy atom. The van der Waals surface area contributed by atoms with Gasteiger partial charge in [-0.2, -0.15) is 0 Å². The second-order valence-corrected chi connectivity index (χ2v) is 5.01. The minimum atomic E-state index is -0.746. The number of anilines is 1. The van der Waals surface area contributed by atoms with E-state index in [0.717, 1.165) is 12.1 Å². The van der Waals surface area contributed by atoms with Gasteiger partial charge in [0.1, 0.15) is 5.75 Å². The summed E-state index contributed by atoms with van der Waals surface area (Å²) < 4.78 is 4.51. The number of nitro groups is 1. The Hall–Kier alpha value is -3.13. The number of benzene rings is 2. The van der Waals surface area contributed by atoms with Crippen molar-refractivity contribution in [3.8, 4) is 5.75 Å². The molecule has 2 rings (SSSR count). The smallest absolute Gasteiger partial charge is 0.337 e. The van der Waals surface area contributed by atoms with Crippen molar-refractivity contribution in [1.29, 1.82) is 0 Å². The van der Waals surface area contributed by atoms with Crippen LogP contribution in [0.4, 0.5) is 11.4 Å². The van der Waals surface area contributed by atoms with Crippen LogP contribution in [-0.4, -0.2) is 29.0 Å². The fourth-order valence-electron chi connectivity index (χ4n) is 1.87. The summed E-state index contributed by atoms with van der Waals surface area (Å²) in [5.41, 5.74) is -0.311. The molecule has 0 aliphatic carbocycles. The van der Waals surface area contributed by atoms with Gasteiger partial charge < -0.3 is 15.2 Å². The van der Waals surface area contributed by atoms with E-state index in [1.807, 2.05) is 0 Å². The lowest BCUT2D eigenvalue weighted by Gasteiger charge is -2.09. The number of ether oxygens (including phenoxy) is 1. The number of nitrogens with one attached hydrogen (secondary N) is 1. The second kappa shape index (κ2) is 6.97. The van der Waals surface area contributed by atoms with Crippen LogP contribution < -0.4 is 5.32 Å². The number of hydrogen-bond acceptors (Lipinski definition) is 6. The van der Waals surface area contributed by atoms with Gasteiger partial charge in [0.2, 0.25) is 0 Å². The summed E-state index contributed by atoms with van der Waals surface area (Å²) in [6.45, 7) is 0. The first kappa shape index (κ1) is 17.2. The summed E-state index contributed by atoms with van der Waals surface area (Å²) in [6.07, 6.45) is 0. The molecule has 0 saturated heterocycles. The van der Waals surface area contributed by atoms with Gasteiger partial charge in [0.05, 0.1) is 33.9 Å². The number of hydrogen-bond donors (Lipinski definition) is 2. The zero-order valence-electron chi connectivity index (χ0n) is 12.3. The van der Waals surface area contributed by atoms with Gasteiger partial charge in [-0.15, -0.1) is 0 Å². The normalized spacial score (nSPS) is 10.1. The zero-order chi connectivity index (χ0) is 17.9. The van der Waals surface area contributed by atoms with Gasteiger partial charge >= 0.3 is 5.97 Å². The molecule has 9 heteroatoms. The number of halogens is 1. The highest BCUT2D eigenvalue weighted by Gasteiger charge is 2.17. The van der Waals surface area contributed by atoms with Gasteiger partial charge in [-0.1, -0.05) is 11.6 Å². The van der Waals surface area contributed by atoms with Gasteiger partial charge in [0.15, 0.2) is 0 Å². The van der Waals surface area contributed by atoms with E-state index in [4.69, 9.17) is 11.6 Å². The maximum absolute atomic E-state index is 12.2. The molecular formula is C15H11ClN2O6. The van der Waals surface area contributed by atoms with Crippen molar-refractivity contribution in [2.24, 2.45) is 0 Å². The van der Waals surface area contributed by atoms with Crippen molar-refractivity contribution in [3.05, 3.63) is 62.7 Å². The molecule has 1 amide bonds. The van der Waals surface area contributed by atoms with Crippen LogP contribution in [0.2, 0.25) is 5.02 Å². The molecule has 0 saturated carbocycles. The molecule has 0 aromatic heterocycles. The van der Waals surface area contributed by atoms with E-state index in [0.29, 0.717) is 0 Å². The number of non-ortho nitro benzene ring substituents is 1. The van der Waals surface area contributed by atoms with E-state index < -0.39 is 16.8 Å². The lowest BCUT2D eigenvalue weighted by molar-refractivity contribution is -0.384. The number of carbonyl (C=O) groups is 2. The molecule has 0 radical (unpaired) electrons. The monoisotopic (exact) mass is 350 g/mol. The Morgan fingerprint density at radius 3 is 2.54 bits per heavy atom. The number of nitrogens with zero attached hydrogens (tertiary/aromatic N) is 1. The van der Waals surface area contributed by atoms with Crippen LogP contribution >= 0.6 is 11.6 Å². The van der Waals surface area contributed by atoms with E-state index >= 15 is 0 Å². The van der Waals surface area contributed by atoms with E-state index in [1.54, 1.807) is 0 Å². The van der Waals surface area contributed by atoms with Crippen LogP contribution in [0.25, 0.3) is 0 Å². The van der Waals surface area contributed by atoms with Gasteiger partial charge in [-0.05, 0) is 24.3 Å². The molecule has 8 nitrogen and oxygen atoms in total. The summed E-state index contributed by atoms with van der Waals surface area (Å²) in [6, 6.07) is 7.19. The SMILES string of the molecule is COC(=O)c1ccc(NC(=O)c2cc([N+](=O)[O-])ccc2Cl)c(O)c1. The second-order valence-electron chi connectivity index (χ2n) is 4.60. The molecule has 2 N–H and O–H groups in total. The maximum atomic E-state index is 12.2. The Bertz CT molecular complexity index is 837. The van der Waals surface area contributed by atoms with Crippen molar-refractivity contribution in [2.75, 3.05) is 12.4 Å². The van der Waals surface area contributed by atoms with E-state index in [9.17, 15) is 24.8 Å². The van der Waals surface area contributed by atoms with Crippen molar-refractivity contribution < 1.29 is 24.4 Å². The highest BCUT2D eigenvalue weighted by Crippen LogP contribution is 2.27. The Labute approximate surface area is 140 Å². The minimum absolute atomic E-state index is 0.00947. The lowest BCUT2D eigenvalue weighted by Crippen LogP contribution is -2.13. The third kappa shape index (κ3) is 3.61. The molecule has 0 heterocycles. The predicted octanol–water partition coefficient (Wildman–Crippen LogP) is 2.99. The Balaban J connectivity index is 2.28. The van der Waals surface area contributed by atoms with Crippen molar-refractivity contribution in [3.63, 3.8) is 0 Å². The van der Waals surface area contributed by atoms with E-state index in [-0.39, 0.29) is 33.3 Å². The molecule has 0 atom stereocenters. The molecule has 0 unspecified atom stereocenters. The maximum Gasteiger partial charge on any atom is 0.337 e. The summed E-state index contributed by atoms with van der Waals surface area (Å²) in [5, 5.41) is 23.0. The Kier molecular flexibility index (Phi) is 5.00. The molecule has 24 heavy (non-hydrogen) atoms. The Morgan fingerprint density at radius 1 is 1.25 bits per heavy atom. The van der Waals surface area contributed by atoms with Gasteiger partial charge in [-0.3, -0.25) is 14.9 Å². The molecule has 2 aromatic rings. The first-order chi connectivity index (χ1) is 11.3. The first-order valence-electron chi connectivity index (χ1n) is 6.50. The van der Waals surface area contributed by atoms with E-state index in [1.165, 1.54) is 31.4 Å². The lowest BCUT2D eigenvalue weighted by atomic mass is 10.1. The quantitative estimate of drug-likeness (QED) is 0.378. The largest absolute Gasteiger partial charge is 0.506 e. The number of carbonyl (C=O) groups excluding carboxylic acids is 2. The number of amides is 1. The van der Waals surface area contributed by atoms with Gasteiger partial charge in [0, 0.05) is 12.1 Å². The fraction of sp³-hybridized carbons (Fsp3) is 0.0667. The van der Waals surface area contributed by atoms with Crippen LogP contribution in [-0.2, 0) is 4.74 Å². The summed E-state index contributed by atoms with van der Waals surface area (Å²) in [7, 11) is 1.19. The standard InChI is InChI=1S/C15H11ClN2O6/c1-24-15(21)8-2-5-12(13(19)6-8)17-14(20)10-7-9(18(22)23)3-4-11(10)16/h2-7,19H,1H3,(H,17,20). The van der Waals surface area contributed by atoms with Crippen molar-refractivity contribution in [2.45, 2.75) is 0 Å². The number of phenolic OH excluding ortho intramolecular Hbond substituents is 1. The third-order valence-corrected chi connectivity index (χ3v) is 3.40. The van der Waals surface area contributed by atoms with Gasteiger partial charge in [0.25, 0.3) is 11.6 Å². The predicted molar refractivity (Wildman–Crippen MR) is 85.5 cm³/mol. The minimum Gasteiger partial charge on any atom is -0.506 e. The van der Waals surface area contributed by atoms with Crippen LogP contribution in [0.1, 0.15) is 20.7 Å². The number of aromatic hydroxyl groups is 1. The molecule has 0 fully saturated rings. The van der Waals surface area contributed by atoms with Crippen LogP contribution in [0.5, 0.6) is 5.75 Å². The number of nitro benzene ring substituents is 1. The number of esters is 1. The zero-order valence-corrected chi connectivity index (χ0v) is 13.0. The third-order valence-electron chi connectivity index (χ3n) is 3.07. The van der Waals surface area contributed by atoms with Crippen LogP contribution in [0.15, 0.2) is 36.4 Å². The first-order valence-corrected chi connectivity index (χ1v) is 6.88. The van der Waals surface area contributed by atoms with E-state index in [2.05, 4.69) is 10.1 Å². The number of methoxy groups -OCH3 is 1. The average molecular weight is 351 g/mol. The van der Waals surface area contributed by atoms with Gasteiger partial charge in [-0.25, -0.2) is 4.79 Å². The van der Waals surface area contributed by atoms with Crippen molar-refractivity contribution in [1.82, 2.24) is 0 Å². The molecule has 0 bridgehead atoms. The summed E-state index contributed by atoms with van der Waals surface area (Å²) in [5.74, 6) is -1.76. The number of phenols is 1. The molecule has 2 aromatic carbocycles. The molecule has 0 aliphatic rings. The average Bonchev–Trinajstić information content (AvgIpc) is 2.55. The highest BCUT2D eigenvalue weighted by atomic mass is 35.5. The molecular weight excluding hydrogens is 340 g/mol. The molecule has 0 aliphatic heterocycles. The fourth-order valence-corrected chi connectivity index (χ4v) is 2.08. The highest BCUT2D eigenvalue weighted by molar-refractivity contribution is 6.34. The summed E-state index contributed by atoms with van der Waals surface area (Å²) >= 11 is 5.88. The number of rotatable bonds is 4.